The van der Waals surface area contributed by atoms with Crippen molar-refractivity contribution in [3.63, 3.8) is 0 Å². The van der Waals surface area contributed by atoms with Crippen molar-refractivity contribution in [2.45, 2.75) is 25.8 Å². The maximum absolute atomic E-state index is 14.3. The van der Waals surface area contributed by atoms with Crippen molar-refractivity contribution in [1.29, 1.82) is 0 Å². The number of rotatable bonds is 4. The summed E-state index contributed by atoms with van der Waals surface area (Å²) in [5.41, 5.74) is -0.314. The zero-order valence-corrected chi connectivity index (χ0v) is 22.3. The molecule has 1 heterocycles. The van der Waals surface area contributed by atoms with Crippen molar-refractivity contribution in [3.05, 3.63) is 58.7 Å². The normalized spacial score (nSPS) is 33.2. The third-order valence-corrected chi connectivity index (χ3v) is 8.94. The predicted molar refractivity (Wildman–Crippen MR) is 135 cm³/mol. The molecule has 3 amide bonds. The van der Waals surface area contributed by atoms with Gasteiger partial charge in [-0.25, -0.2) is 4.79 Å². The van der Waals surface area contributed by atoms with E-state index >= 15 is 0 Å². The molecule has 1 aromatic rings. The highest BCUT2D eigenvalue weighted by Gasteiger charge is 2.66. The second kappa shape index (κ2) is 9.29. The van der Waals surface area contributed by atoms with Gasteiger partial charge in [0.05, 0.1) is 32.0 Å². The number of carbonyl (C=O) groups excluding carboxylic acids is 6. The molecule has 1 N–H and O–H groups in total. The van der Waals surface area contributed by atoms with Gasteiger partial charge in [0.1, 0.15) is 5.54 Å². The Bertz CT molecular complexity index is 1380. The molecule has 1 aromatic carbocycles. The average Bonchev–Trinajstić information content (AvgIpc) is 3.20. The molecule has 10 nitrogen and oxygen atoms in total. The molecule has 0 spiro atoms. The summed E-state index contributed by atoms with van der Waals surface area (Å²) in [5.74, 6) is -8.23. The number of nitrogens with zero attached hydrogens (tertiary/aromatic N) is 1. The van der Waals surface area contributed by atoms with Crippen LogP contribution in [-0.2, 0) is 33.4 Å². The lowest BCUT2D eigenvalue weighted by atomic mass is 9.62. The number of carbonyl (C=O) groups is 6. The minimum Gasteiger partial charge on any atom is -0.469 e. The molecule has 0 radical (unpaired) electrons. The van der Waals surface area contributed by atoms with Gasteiger partial charge in [-0.1, -0.05) is 36.8 Å². The first-order chi connectivity index (χ1) is 18.5. The van der Waals surface area contributed by atoms with Crippen molar-refractivity contribution in [1.82, 2.24) is 10.2 Å². The van der Waals surface area contributed by atoms with Gasteiger partial charge >= 0.3 is 11.9 Å². The number of hydrogen-bond donors (Lipinski definition) is 1. The van der Waals surface area contributed by atoms with Gasteiger partial charge in [0.2, 0.25) is 11.8 Å². The lowest BCUT2D eigenvalue weighted by Crippen LogP contribution is -2.57. The molecule has 1 aliphatic heterocycles. The number of ketones is 1. The summed E-state index contributed by atoms with van der Waals surface area (Å²) < 4.78 is 10.1. The number of esters is 2. The van der Waals surface area contributed by atoms with Crippen LogP contribution in [0, 0.1) is 35.5 Å². The molecule has 204 valence electrons. The number of amides is 3. The molecule has 0 saturated carbocycles. The van der Waals surface area contributed by atoms with Crippen molar-refractivity contribution in [2.24, 2.45) is 35.5 Å². The largest absolute Gasteiger partial charge is 0.469 e. The van der Waals surface area contributed by atoms with Crippen LogP contribution in [0.15, 0.2) is 53.1 Å². The monoisotopic (exact) mass is 534 g/mol. The van der Waals surface area contributed by atoms with Crippen LogP contribution in [0.4, 0.5) is 0 Å². The Morgan fingerprint density at radius 3 is 2.26 bits per heavy atom. The van der Waals surface area contributed by atoms with Crippen molar-refractivity contribution < 1.29 is 38.2 Å². The van der Waals surface area contributed by atoms with E-state index in [4.69, 9.17) is 9.47 Å². The maximum atomic E-state index is 14.3. The van der Waals surface area contributed by atoms with Crippen molar-refractivity contribution >= 4 is 35.4 Å². The first kappa shape index (κ1) is 26.5. The van der Waals surface area contributed by atoms with Gasteiger partial charge in [-0.05, 0) is 37.3 Å². The van der Waals surface area contributed by atoms with E-state index in [-0.39, 0.29) is 12.0 Å². The number of Topliss-reactive ketones (excluding diaryl/α,β-unsaturated/α-hetero) is 1. The van der Waals surface area contributed by atoms with Crippen LogP contribution in [0.2, 0.25) is 0 Å². The minimum absolute atomic E-state index is 0.00770. The van der Waals surface area contributed by atoms with Gasteiger partial charge in [0, 0.05) is 29.7 Å². The van der Waals surface area contributed by atoms with Gasteiger partial charge in [-0.2, -0.15) is 0 Å². The smallest absolute Gasteiger partial charge is 0.333 e. The Morgan fingerprint density at radius 1 is 1.00 bits per heavy atom. The Labute approximate surface area is 225 Å². The molecule has 1 fully saturated rings. The highest BCUT2D eigenvalue weighted by Crippen LogP contribution is 2.60. The van der Waals surface area contributed by atoms with Gasteiger partial charge in [-0.3, -0.25) is 28.9 Å². The van der Waals surface area contributed by atoms with Gasteiger partial charge in [0.25, 0.3) is 5.91 Å². The molecule has 1 saturated heterocycles. The van der Waals surface area contributed by atoms with Crippen molar-refractivity contribution in [2.75, 3.05) is 21.3 Å². The van der Waals surface area contributed by atoms with E-state index < -0.39 is 76.5 Å². The summed E-state index contributed by atoms with van der Waals surface area (Å²) in [6.07, 6.45) is 1.42. The molecule has 10 heteroatoms. The van der Waals surface area contributed by atoms with E-state index in [9.17, 15) is 28.8 Å². The van der Waals surface area contributed by atoms with Gasteiger partial charge in [0.15, 0.2) is 5.78 Å². The van der Waals surface area contributed by atoms with Crippen LogP contribution >= 0.6 is 0 Å². The maximum Gasteiger partial charge on any atom is 0.333 e. The van der Waals surface area contributed by atoms with Crippen molar-refractivity contribution in [3.8, 4) is 0 Å². The molecule has 39 heavy (non-hydrogen) atoms. The molecule has 5 rings (SSSR count). The Balaban J connectivity index is 1.74. The SMILES string of the molecule is COC(=O)C1=C[C@@H](C(=O)OC)[C@@H]2C3=C(C(=O)[C@@]2(C)NC(=O)c2ccccc2)[C@H](C)[C@@H]2C(=O)N(C)C(=O)[C@@H]2[C@@H]3C1. The zero-order valence-electron chi connectivity index (χ0n) is 22.3. The predicted octanol–water partition coefficient (Wildman–Crippen LogP) is 1.46. The number of imide groups is 1. The van der Waals surface area contributed by atoms with E-state index in [0.29, 0.717) is 16.7 Å². The van der Waals surface area contributed by atoms with E-state index in [2.05, 4.69) is 5.32 Å². The summed E-state index contributed by atoms with van der Waals surface area (Å²) in [5, 5.41) is 2.88. The first-order valence-corrected chi connectivity index (χ1v) is 12.8. The van der Waals surface area contributed by atoms with Gasteiger partial charge < -0.3 is 14.8 Å². The third-order valence-electron chi connectivity index (χ3n) is 8.94. The lowest BCUT2D eigenvalue weighted by Gasteiger charge is -2.39. The fraction of sp³-hybridized carbons (Fsp3) is 0.448. The molecule has 7 atom stereocenters. The summed E-state index contributed by atoms with van der Waals surface area (Å²) >= 11 is 0. The summed E-state index contributed by atoms with van der Waals surface area (Å²) in [6.45, 7) is 3.29. The van der Waals surface area contributed by atoms with Crippen LogP contribution in [0.1, 0.15) is 30.6 Å². The number of ether oxygens (including phenoxy) is 2. The molecular formula is C29H30N2O8. The minimum atomic E-state index is -1.62. The van der Waals surface area contributed by atoms with E-state index in [1.165, 1.54) is 27.3 Å². The lowest BCUT2D eigenvalue weighted by molar-refractivity contribution is -0.146. The Kier molecular flexibility index (Phi) is 6.32. The quantitative estimate of drug-likeness (QED) is 0.453. The summed E-state index contributed by atoms with van der Waals surface area (Å²) in [6, 6.07) is 8.35. The second-order valence-corrected chi connectivity index (χ2v) is 10.8. The average molecular weight is 535 g/mol. The Hall–Kier alpha value is -4.08. The number of benzene rings is 1. The van der Waals surface area contributed by atoms with E-state index in [1.807, 2.05) is 0 Å². The molecular weight excluding hydrogens is 504 g/mol. The van der Waals surface area contributed by atoms with Crippen LogP contribution < -0.4 is 5.32 Å². The highest BCUT2D eigenvalue weighted by atomic mass is 16.5. The zero-order chi connectivity index (χ0) is 28.4. The van der Waals surface area contributed by atoms with Gasteiger partial charge in [-0.15, -0.1) is 0 Å². The fourth-order valence-electron chi connectivity index (χ4n) is 7.18. The fourth-order valence-corrected chi connectivity index (χ4v) is 7.18. The number of nitrogens with one attached hydrogen (secondary N) is 1. The molecule has 0 bridgehead atoms. The highest BCUT2D eigenvalue weighted by molar-refractivity contribution is 6.14. The van der Waals surface area contributed by atoms with E-state index in [1.54, 1.807) is 44.2 Å². The third kappa shape index (κ3) is 3.68. The molecule has 0 unspecified atom stereocenters. The first-order valence-electron chi connectivity index (χ1n) is 12.8. The Morgan fingerprint density at radius 2 is 1.64 bits per heavy atom. The summed E-state index contributed by atoms with van der Waals surface area (Å²) in [4.78, 5) is 81.6. The number of fused-ring (bicyclic) bond motifs is 2. The van der Waals surface area contributed by atoms with Crippen LogP contribution in [-0.4, -0.2) is 67.1 Å². The standard InChI is InChI=1S/C29H30N2O8/c1-13-18-20-16(21-19(13)25(34)31(3)26(21)35)11-15(27(36)38-4)12-17(28(37)39-5)22(20)29(2,23(18)32)30-24(33)14-9-7-6-8-10-14/h6-10,12-13,16-17,19,21-22H,11H2,1-5H3,(H,30,33)/t13-,16+,17+,19-,21+,22+,29-/m0/s1. The molecule has 3 aliphatic carbocycles. The van der Waals surface area contributed by atoms with Crippen LogP contribution in [0.25, 0.3) is 0 Å². The number of likely N-dealkylation sites (tertiary alicyclic amines) is 1. The number of methoxy groups -OCH3 is 2. The topological polar surface area (TPSA) is 136 Å². The second-order valence-electron chi connectivity index (χ2n) is 10.8. The van der Waals surface area contributed by atoms with Crippen LogP contribution in [0.5, 0.6) is 0 Å². The van der Waals surface area contributed by atoms with Crippen LogP contribution in [0.3, 0.4) is 0 Å². The molecule has 4 aliphatic rings. The summed E-state index contributed by atoms with van der Waals surface area (Å²) in [7, 11) is 3.83. The van der Waals surface area contributed by atoms with E-state index in [0.717, 1.165) is 4.90 Å². The molecule has 0 aromatic heterocycles. The number of hydrogen-bond acceptors (Lipinski definition) is 8.